The van der Waals surface area contributed by atoms with E-state index in [1.54, 1.807) is 13.8 Å². The van der Waals surface area contributed by atoms with Crippen LogP contribution >= 0.6 is 11.8 Å². The van der Waals surface area contributed by atoms with Gasteiger partial charge in [-0.25, -0.2) is 4.79 Å². The van der Waals surface area contributed by atoms with E-state index < -0.39 is 24.2 Å². The van der Waals surface area contributed by atoms with Crippen molar-refractivity contribution in [2.75, 3.05) is 12.0 Å². The summed E-state index contributed by atoms with van der Waals surface area (Å²) in [5.74, 6) is -0.869. The van der Waals surface area contributed by atoms with Gasteiger partial charge in [0.1, 0.15) is 6.04 Å². The zero-order valence-corrected chi connectivity index (χ0v) is 14.8. The lowest BCUT2D eigenvalue weighted by molar-refractivity contribution is -0.286. The number of ether oxygens (including phenoxy) is 3. The molecule has 25 heavy (non-hydrogen) atoms. The van der Waals surface area contributed by atoms with Crippen LogP contribution in [0, 0.1) is 0 Å². The third-order valence-electron chi connectivity index (χ3n) is 3.22. The average molecular weight is 375 g/mol. The van der Waals surface area contributed by atoms with Crippen LogP contribution in [-0.4, -0.2) is 42.3 Å². The lowest BCUT2D eigenvalue weighted by Crippen LogP contribution is -2.43. The molecule has 1 aromatic rings. The van der Waals surface area contributed by atoms with Gasteiger partial charge >= 0.3 is 12.3 Å². The molecular weight excluding hydrogens is 356 g/mol. The maximum atomic E-state index is 13.0. The molecule has 0 spiro atoms. The van der Waals surface area contributed by atoms with Gasteiger partial charge in [-0.2, -0.15) is 11.8 Å². The number of hydrogen-bond acceptors (Lipinski definition) is 6. The van der Waals surface area contributed by atoms with Crippen molar-refractivity contribution in [2.24, 2.45) is 0 Å². The highest BCUT2D eigenvalue weighted by Gasteiger charge is 2.43. The standard InChI is InChI=1S/C16H19F2NO5S/c1-9(2)22-15(21)11(6-7-25-3)19-14(20)10-4-5-12-13(8-10)24-16(17,18)23-12/h4-5,8-9,11H,6-7H2,1-3H3,(H,19,20). The Kier molecular flexibility index (Phi) is 6.10. The van der Waals surface area contributed by atoms with Crippen LogP contribution in [0.25, 0.3) is 0 Å². The van der Waals surface area contributed by atoms with Crippen molar-refractivity contribution in [2.45, 2.75) is 38.7 Å². The van der Waals surface area contributed by atoms with Gasteiger partial charge in [-0.3, -0.25) is 4.79 Å². The molecule has 2 rings (SSSR count). The number of amides is 1. The second-order valence-electron chi connectivity index (χ2n) is 5.62. The summed E-state index contributed by atoms with van der Waals surface area (Å²) in [5.41, 5.74) is 0.0755. The van der Waals surface area contributed by atoms with Crippen molar-refractivity contribution in [1.82, 2.24) is 5.32 Å². The van der Waals surface area contributed by atoms with Crippen LogP contribution in [0.15, 0.2) is 18.2 Å². The van der Waals surface area contributed by atoms with E-state index in [1.807, 2.05) is 6.26 Å². The first-order chi connectivity index (χ1) is 11.7. The fourth-order valence-electron chi connectivity index (χ4n) is 2.13. The van der Waals surface area contributed by atoms with E-state index in [2.05, 4.69) is 14.8 Å². The fraction of sp³-hybridized carbons (Fsp3) is 0.500. The quantitative estimate of drug-likeness (QED) is 0.739. The molecule has 1 aromatic carbocycles. The molecule has 1 aliphatic heterocycles. The Hall–Kier alpha value is -2.03. The van der Waals surface area contributed by atoms with Gasteiger partial charge in [0.05, 0.1) is 6.10 Å². The molecule has 0 aliphatic carbocycles. The van der Waals surface area contributed by atoms with Crippen LogP contribution in [0.5, 0.6) is 11.5 Å². The molecule has 0 saturated carbocycles. The molecule has 1 unspecified atom stereocenters. The molecule has 0 radical (unpaired) electrons. The van der Waals surface area contributed by atoms with Crippen molar-refractivity contribution in [3.63, 3.8) is 0 Å². The van der Waals surface area contributed by atoms with Gasteiger partial charge < -0.3 is 19.5 Å². The molecule has 1 N–H and O–H groups in total. The number of nitrogens with one attached hydrogen (secondary N) is 1. The van der Waals surface area contributed by atoms with E-state index in [9.17, 15) is 18.4 Å². The van der Waals surface area contributed by atoms with Gasteiger partial charge in [0.2, 0.25) is 0 Å². The highest BCUT2D eigenvalue weighted by atomic mass is 32.2. The largest absolute Gasteiger partial charge is 0.586 e. The normalized spacial score (nSPS) is 15.8. The summed E-state index contributed by atoms with van der Waals surface area (Å²) in [5, 5.41) is 2.57. The Bertz CT molecular complexity index is 653. The van der Waals surface area contributed by atoms with Crippen molar-refractivity contribution < 1.29 is 32.6 Å². The van der Waals surface area contributed by atoms with Crippen LogP contribution in [0.1, 0.15) is 30.6 Å². The Balaban J connectivity index is 2.09. The SMILES string of the molecule is CSCCC(NC(=O)c1ccc2c(c1)OC(F)(F)O2)C(=O)OC(C)C. The number of benzene rings is 1. The van der Waals surface area contributed by atoms with E-state index in [4.69, 9.17) is 4.74 Å². The molecule has 1 amide bonds. The van der Waals surface area contributed by atoms with Crippen LogP contribution in [0.4, 0.5) is 8.78 Å². The zero-order valence-electron chi connectivity index (χ0n) is 14.0. The fourth-order valence-corrected chi connectivity index (χ4v) is 2.60. The predicted octanol–water partition coefficient (Wildman–Crippen LogP) is 2.81. The average Bonchev–Trinajstić information content (AvgIpc) is 2.83. The van der Waals surface area contributed by atoms with E-state index in [-0.39, 0.29) is 23.2 Å². The smallest absolute Gasteiger partial charge is 0.461 e. The first-order valence-electron chi connectivity index (χ1n) is 7.62. The number of carbonyl (C=O) groups is 2. The number of carbonyl (C=O) groups excluding carboxylic acids is 2. The van der Waals surface area contributed by atoms with Gasteiger partial charge in [0, 0.05) is 5.56 Å². The highest BCUT2D eigenvalue weighted by molar-refractivity contribution is 7.98. The minimum absolute atomic E-state index is 0.0755. The Morgan fingerprint density at radius 1 is 1.28 bits per heavy atom. The van der Waals surface area contributed by atoms with E-state index in [1.165, 1.54) is 23.9 Å². The third-order valence-corrected chi connectivity index (χ3v) is 3.86. The molecule has 0 bridgehead atoms. The van der Waals surface area contributed by atoms with Crippen molar-refractivity contribution in [3.05, 3.63) is 23.8 Å². The first-order valence-corrected chi connectivity index (χ1v) is 9.01. The van der Waals surface area contributed by atoms with Crippen LogP contribution < -0.4 is 14.8 Å². The van der Waals surface area contributed by atoms with Crippen molar-refractivity contribution >= 4 is 23.6 Å². The molecule has 6 nitrogen and oxygen atoms in total. The molecule has 138 valence electrons. The summed E-state index contributed by atoms with van der Waals surface area (Å²) in [6, 6.07) is 2.85. The summed E-state index contributed by atoms with van der Waals surface area (Å²) in [6.45, 7) is 3.42. The van der Waals surface area contributed by atoms with Crippen molar-refractivity contribution in [3.8, 4) is 11.5 Å². The molecule has 1 aliphatic rings. The van der Waals surface area contributed by atoms with Gasteiger partial charge in [0.15, 0.2) is 11.5 Å². The molecule has 0 saturated heterocycles. The predicted molar refractivity (Wildman–Crippen MR) is 88.1 cm³/mol. The molecule has 0 aromatic heterocycles. The van der Waals surface area contributed by atoms with Gasteiger partial charge in [0.25, 0.3) is 5.91 Å². The number of esters is 1. The third kappa shape index (κ3) is 5.22. The first kappa shape index (κ1) is 19.3. The highest BCUT2D eigenvalue weighted by Crippen LogP contribution is 2.41. The van der Waals surface area contributed by atoms with Gasteiger partial charge in [-0.1, -0.05) is 0 Å². The molecule has 1 heterocycles. The Morgan fingerprint density at radius 2 is 1.96 bits per heavy atom. The maximum absolute atomic E-state index is 13.0. The number of rotatable bonds is 7. The van der Waals surface area contributed by atoms with Gasteiger partial charge in [-0.15, -0.1) is 8.78 Å². The monoisotopic (exact) mass is 375 g/mol. The summed E-state index contributed by atoms with van der Waals surface area (Å²) >= 11 is 1.53. The van der Waals surface area contributed by atoms with E-state index >= 15 is 0 Å². The topological polar surface area (TPSA) is 73.9 Å². The van der Waals surface area contributed by atoms with Crippen LogP contribution in [-0.2, 0) is 9.53 Å². The molecular formula is C16H19F2NO5S. The summed E-state index contributed by atoms with van der Waals surface area (Å²) in [7, 11) is 0. The number of halogens is 2. The van der Waals surface area contributed by atoms with Crippen LogP contribution in [0.3, 0.4) is 0 Å². The zero-order chi connectivity index (χ0) is 18.6. The molecule has 0 fully saturated rings. The molecule has 9 heteroatoms. The molecule has 1 atom stereocenters. The summed E-state index contributed by atoms with van der Waals surface area (Å²) in [4.78, 5) is 24.5. The van der Waals surface area contributed by atoms with E-state index in [0.29, 0.717) is 12.2 Å². The minimum atomic E-state index is -3.75. The number of thioether (sulfide) groups is 1. The number of hydrogen-bond donors (Lipinski definition) is 1. The van der Waals surface area contributed by atoms with Crippen molar-refractivity contribution in [1.29, 1.82) is 0 Å². The lowest BCUT2D eigenvalue weighted by Gasteiger charge is -2.19. The second kappa shape index (κ2) is 7.90. The number of alkyl halides is 2. The summed E-state index contributed by atoms with van der Waals surface area (Å²) < 4.78 is 39.8. The summed E-state index contributed by atoms with van der Waals surface area (Å²) in [6.07, 6.45) is -1.79. The second-order valence-corrected chi connectivity index (χ2v) is 6.61. The van der Waals surface area contributed by atoms with Crippen LogP contribution in [0.2, 0.25) is 0 Å². The minimum Gasteiger partial charge on any atom is -0.461 e. The Labute approximate surface area is 148 Å². The van der Waals surface area contributed by atoms with E-state index in [0.717, 1.165) is 6.07 Å². The Morgan fingerprint density at radius 3 is 2.60 bits per heavy atom. The number of fused-ring (bicyclic) bond motifs is 1. The lowest BCUT2D eigenvalue weighted by atomic mass is 10.1. The van der Waals surface area contributed by atoms with Gasteiger partial charge in [-0.05, 0) is 50.5 Å². The maximum Gasteiger partial charge on any atom is 0.586 e.